The molecule has 0 saturated heterocycles. The van der Waals surface area contributed by atoms with Crippen molar-refractivity contribution < 1.29 is 0 Å². The first-order valence-electron chi connectivity index (χ1n) is 7.79. The fourth-order valence-electron chi connectivity index (χ4n) is 3.46. The molecule has 3 heteroatoms. The number of aryl methyl sites for hydroxylation is 1. The second-order valence-electron chi connectivity index (χ2n) is 6.88. The Morgan fingerprint density at radius 1 is 1.33 bits per heavy atom. The van der Waals surface area contributed by atoms with Gasteiger partial charge in [0.15, 0.2) is 0 Å². The van der Waals surface area contributed by atoms with E-state index in [1.165, 1.54) is 25.7 Å². The lowest BCUT2D eigenvalue weighted by molar-refractivity contribution is 0.217. The van der Waals surface area contributed by atoms with Crippen LogP contribution in [0.3, 0.4) is 0 Å². The third-order valence-electron chi connectivity index (χ3n) is 4.86. The summed E-state index contributed by atoms with van der Waals surface area (Å²) in [7, 11) is 0. The molecule has 1 saturated carbocycles. The maximum atomic E-state index is 6.53. The predicted octanol–water partition coefficient (Wildman–Crippen LogP) is 5.58. The number of hydrogen-bond acceptors (Lipinski definition) is 2. The maximum Gasteiger partial charge on any atom is 0.0752 e. The number of hydrogen-bond donors (Lipinski definition) is 1. The van der Waals surface area contributed by atoms with Gasteiger partial charge in [0.05, 0.1) is 16.2 Å². The Morgan fingerprint density at radius 3 is 2.90 bits per heavy atom. The lowest BCUT2D eigenvalue weighted by Gasteiger charge is -2.40. The minimum atomic E-state index is 0.307. The van der Waals surface area contributed by atoms with E-state index in [-0.39, 0.29) is 0 Å². The molecule has 2 nitrogen and oxygen atoms in total. The zero-order chi connectivity index (χ0) is 15.0. The smallest absolute Gasteiger partial charge is 0.0752 e. The third kappa shape index (κ3) is 2.74. The highest BCUT2D eigenvalue weighted by Gasteiger charge is 2.32. The van der Waals surface area contributed by atoms with Crippen molar-refractivity contribution in [3.05, 3.63) is 35.0 Å². The second-order valence-corrected chi connectivity index (χ2v) is 7.29. The first-order valence-corrected chi connectivity index (χ1v) is 8.17. The van der Waals surface area contributed by atoms with E-state index >= 15 is 0 Å². The van der Waals surface area contributed by atoms with Gasteiger partial charge in [0.2, 0.25) is 0 Å². The topological polar surface area (TPSA) is 24.9 Å². The molecule has 1 atom stereocenters. The van der Waals surface area contributed by atoms with Gasteiger partial charge in [0, 0.05) is 17.6 Å². The van der Waals surface area contributed by atoms with E-state index in [9.17, 15) is 0 Å². The standard InChI is InChI=1S/C18H23ClN2/c1-12-11-14(19)17(13-7-6-10-20-16(12)13)21-15-8-4-5-9-18(15,2)3/h6-7,10-11,15,21H,4-5,8-9H2,1-3H3. The Hall–Kier alpha value is -1.28. The number of nitrogens with one attached hydrogen (secondary N) is 1. The minimum Gasteiger partial charge on any atom is -0.380 e. The number of pyridine rings is 1. The van der Waals surface area contributed by atoms with Crippen LogP contribution in [0.15, 0.2) is 24.4 Å². The Bertz CT molecular complexity index is 664. The van der Waals surface area contributed by atoms with E-state index in [2.05, 4.69) is 37.1 Å². The van der Waals surface area contributed by atoms with Crippen LogP contribution in [0, 0.1) is 12.3 Å². The van der Waals surface area contributed by atoms with E-state index in [0.717, 1.165) is 27.2 Å². The number of halogens is 1. The van der Waals surface area contributed by atoms with Crippen molar-refractivity contribution in [2.24, 2.45) is 5.41 Å². The third-order valence-corrected chi connectivity index (χ3v) is 5.16. The van der Waals surface area contributed by atoms with Crippen LogP contribution >= 0.6 is 11.6 Å². The number of rotatable bonds is 2. The van der Waals surface area contributed by atoms with Crippen LogP contribution in [0.25, 0.3) is 10.9 Å². The average Bonchev–Trinajstić information content (AvgIpc) is 2.44. The summed E-state index contributed by atoms with van der Waals surface area (Å²) in [5.41, 5.74) is 3.52. The summed E-state index contributed by atoms with van der Waals surface area (Å²) in [5, 5.41) is 5.67. The summed E-state index contributed by atoms with van der Waals surface area (Å²) in [6.45, 7) is 6.77. The lowest BCUT2D eigenvalue weighted by atomic mass is 9.73. The molecule has 1 N–H and O–H groups in total. The Kier molecular flexibility index (Phi) is 3.83. The van der Waals surface area contributed by atoms with Crippen molar-refractivity contribution in [1.82, 2.24) is 4.98 Å². The summed E-state index contributed by atoms with van der Waals surface area (Å²) < 4.78 is 0. The molecule has 2 aromatic rings. The molecule has 3 rings (SSSR count). The van der Waals surface area contributed by atoms with Gasteiger partial charge in [-0.3, -0.25) is 4.98 Å². The van der Waals surface area contributed by atoms with E-state index in [1.54, 1.807) is 0 Å². The van der Waals surface area contributed by atoms with E-state index in [4.69, 9.17) is 11.6 Å². The second kappa shape index (κ2) is 5.49. The van der Waals surface area contributed by atoms with Crippen LogP contribution < -0.4 is 5.32 Å². The predicted molar refractivity (Wildman–Crippen MR) is 91.1 cm³/mol. The first-order chi connectivity index (χ1) is 9.99. The summed E-state index contributed by atoms with van der Waals surface area (Å²) in [5.74, 6) is 0. The van der Waals surface area contributed by atoms with Gasteiger partial charge in [-0.15, -0.1) is 0 Å². The normalized spacial score (nSPS) is 21.4. The number of anilines is 1. The summed E-state index contributed by atoms with van der Waals surface area (Å²) >= 11 is 6.53. The monoisotopic (exact) mass is 302 g/mol. The number of aromatic nitrogens is 1. The Labute approximate surface area is 131 Å². The number of fused-ring (bicyclic) bond motifs is 1. The number of benzene rings is 1. The molecule has 1 heterocycles. The molecule has 1 aromatic heterocycles. The maximum absolute atomic E-state index is 6.53. The van der Waals surface area contributed by atoms with E-state index < -0.39 is 0 Å². The zero-order valence-corrected chi connectivity index (χ0v) is 13.8. The van der Waals surface area contributed by atoms with Crippen molar-refractivity contribution in [3.63, 3.8) is 0 Å². The summed E-state index contributed by atoms with van der Waals surface area (Å²) in [6, 6.07) is 6.58. The Morgan fingerprint density at radius 2 is 2.14 bits per heavy atom. The van der Waals surface area contributed by atoms with Gasteiger partial charge in [-0.05, 0) is 48.9 Å². The SMILES string of the molecule is Cc1cc(Cl)c(NC2CCCCC2(C)C)c2cccnc12. The molecule has 0 amide bonds. The van der Waals surface area contributed by atoms with Gasteiger partial charge >= 0.3 is 0 Å². The van der Waals surface area contributed by atoms with E-state index in [0.29, 0.717) is 11.5 Å². The number of nitrogens with zero attached hydrogens (tertiary/aromatic N) is 1. The molecule has 0 bridgehead atoms. The van der Waals surface area contributed by atoms with Crippen LogP contribution in [0.2, 0.25) is 5.02 Å². The van der Waals surface area contributed by atoms with Gasteiger partial charge < -0.3 is 5.32 Å². The van der Waals surface area contributed by atoms with Crippen molar-refractivity contribution >= 4 is 28.2 Å². The molecular weight excluding hydrogens is 280 g/mol. The molecule has 1 aromatic carbocycles. The van der Waals surface area contributed by atoms with Crippen molar-refractivity contribution in [3.8, 4) is 0 Å². The fraction of sp³-hybridized carbons (Fsp3) is 0.500. The van der Waals surface area contributed by atoms with Gasteiger partial charge in [-0.1, -0.05) is 38.3 Å². The molecule has 1 aliphatic carbocycles. The van der Waals surface area contributed by atoms with Crippen LogP contribution in [-0.4, -0.2) is 11.0 Å². The highest BCUT2D eigenvalue weighted by molar-refractivity contribution is 6.35. The molecule has 21 heavy (non-hydrogen) atoms. The Balaban J connectivity index is 2.04. The molecule has 0 spiro atoms. The minimum absolute atomic E-state index is 0.307. The van der Waals surface area contributed by atoms with Crippen molar-refractivity contribution in [1.29, 1.82) is 0 Å². The molecule has 0 aliphatic heterocycles. The van der Waals surface area contributed by atoms with E-state index in [1.807, 2.05) is 18.3 Å². The fourth-order valence-corrected chi connectivity index (χ4v) is 3.78. The van der Waals surface area contributed by atoms with Crippen LogP contribution in [-0.2, 0) is 0 Å². The molecule has 0 radical (unpaired) electrons. The van der Waals surface area contributed by atoms with Gasteiger partial charge in [-0.25, -0.2) is 0 Å². The van der Waals surface area contributed by atoms with Gasteiger partial charge in [0.1, 0.15) is 0 Å². The van der Waals surface area contributed by atoms with Crippen LogP contribution in [0.4, 0.5) is 5.69 Å². The average molecular weight is 303 g/mol. The first kappa shape index (κ1) is 14.6. The van der Waals surface area contributed by atoms with Crippen LogP contribution in [0.5, 0.6) is 0 Å². The van der Waals surface area contributed by atoms with Crippen molar-refractivity contribution in [2.75, 3.05) is 5.32 Å². The molecule has 1 fully saturated rings. The quantitative estimate of drug-likeness (QED) is 0.783. The molecular formula is C18H23ClN2. The summed E-state index contributed by atoms with van der Waals surface area (Å²) in [4.78, 5) is 4.51. The molecule has 1 aliphatic rings. The van der Waals surface area contributed by atoms with Gasteiger partial charge in [-0.2, -0.15) is 0 Å². The largest absolute Gasteiger partial charge is 0.380 e. The van der Waals surface area contributed by atoms with Crippen LogP contribution in [0.1, 0.15) is 45.1 Å². The summed E-state index contributed by atoms with van der Waals surface area (Å²) in [6.07, 6.45) is 6.94. The highest BCUT2D eigenvalue weighted by Crippen LogP contribution is 2.40. The van der Waals surface area contributed by atoms with Gasteiger partial charge in [0.25, 0.3) is 0 Å². The zero-order valence-electron chi connectivity index (χ0n) is 13.0. The lowest BCUT2D eigenvalue weighted by Crippen LogP contribution is -2.39. The highest BCUT2D eigenvalue weighted by atomic mass is 35.5. The molecule has 1 unspecified atom stereocenters. The molecule has 112 valence electrons. The van der Waals surface area contributed by atoms with Crippen molar-refractivity contribution in [2.45, 2.75) is 52.5 Å².